The average Bonchev–Trinajstić information content (AvgIpc) is 2.77. The van der Waals surface area contributed by atoms with Crippen LogP contribution in [0.5, 0.6) is 0 Å². The molecule has 2 rings (SSSR count). The van der Waals surface area contributed by atoms with Crippen LogP contribution in [-0.4, -0.2) is 68.8 Å². The van der Waals surface area contributed by atoms with Gasteiger partial charge in [-0.3, -0.25) is 9.89 Å². The normalized spacial score (nSPS) is 21.0. The van der Waals surface area contributed by atoms with E-state index in [1.165, 1.54) is 37.6 Å². The van der Waals surface area contributed by atoms with Crippen LogP contribution in [0, 0.1) is 5.41 Å². The molecular weight excluding hydrogens is 408 g/mol. The summed E-state index contributed by atoms with van der Waals surface area (Å²) in [5.41, 5.74) is 0.491. The smallest absolute Gasteiger partial charge is 0.355 e. The number of likely N-dealkylation sites (tertiary alicyclic amines) is 1. The summed E-state index contributed by atoms with van der Waals surface area (Å²) in [6.45, 7) is 1.98. The number of alkyl halides is 3. The third kappa shape index (κ3) is 5.43. The highest BCUT2D eigenvalue weighted by Crippen LogP contribution is 2.47. The highest BCUT2D eigenvalue weighted by Gasteiger charge is 2.43. The fourth-order valence-corrected chi connectivity index (χ4v) is 3.28. The molecule has 130 valence electrons. The second-order valence-corrected chi connectivity index (χ2v) is 6.35. The standard InChI is InChI=1S/C14H25F3N4.HI/c1-18-12(19-7-9-20(2)11-14(15,16)17)21-8-6-13(10-21)4-3-5-13;/h3-11H2,1-2H3,(H,18,19);1H. The van der Waals surface area contributed by atoms with Crippen molar-refractivity contribution in [3.8, 4) is 0 Å². The second-order valence-electron chi connectivity index (χ2n) is 6.35. The van der Waals surface area contributed by atoms with Crippen molar-refractivity contribution in [2.45, 2.75) is 31.9 Å². The van der Waals surface area contributed by atoms with Gasteiger partial charge in [-0.25, -0.2) is 0 Å². The minimum atomic E-state index is -4.14. The summed E-state index contributed by atoms with van der Waals surface area (Å²) >= 11 is 0. The second kappa shape index (κ2) is 8.03. The molecule has 0 radical (unpaired) electrons. The summed E-state index contributed by atoms with van der Waals surface area (Å²) in [4.78, 5) is 7.77. The lowest BCUT2D eigenvalue weighted by atomic mass is 9.68. The Morgan fingerprint density at radius 1 is 1.32 bits per heavy atom. The maximum absolute atomic E-state index is 12.2. The lowest BCUT2D eigenvalue weighted by molar-refractivity contribution is -0.142. The van der Waals surface area contributed by atoms with Crippen LogP contribution in [0.15, 0.2) is 4.99 Å². The molecule has 1 heterocycles. The number of halogens is 4. The van der Waals surface area contributed by atoms with Crippen LogP contribution in [0.3, 0.4) is 0 Å². The molecule has 0 aromatic rings. The van der Waals surface area contributed by atoms with E-state index >= 15 is 0 Å². The molecule has 1 spiro atoms. The Morgan fingerprint density at radius 3 is 2.45 bits per heavy atom. The van der Waals surface area contributed by atoms with Gasteiger partial charge in [0, 0.05) is 33.2 Å². The van der Waals surface area contributed by atoms with E-state index in [1.807, 2.05) is 0 Å². The molecule has 2 fully saturated rings. The molecule has 0 amide bonds. The Labute approximate surface area is 147 Å². The van der Waals surface area contributed by atoms with Gasteiger partial charge in [0.2, 0.25) is 0 Å². The van der Waals surface area contributed by atoms with Crippen LogP contribution in [0.1, 0.15) is 25.7 Å². The highest BCUT2D eigenvalue weighted by atomic mass is 127. The molecule has 1 aliphatic carbocycles. The van der Waals surface area contributed by atoms with Crippen LogP contribution in [-0.2, 0) is 0 Å². The molecule has 0 aromatic carbocycles. The Kier molecular flexibility index (Phi) is 7.22. The van der Waals surface area contributed by atoms with Gasteiger partial charge in [-0.2, -0.15) is 13.2 Å². The Morgan fingerprint density at radius 2 is 2.00 bits per heavy atom. The van der Waals surface area contributed by atoms with E-state index in [0.717, 1.165) is 19.0 Å². The van der Waals surface area contributed by atoms with E-state index in [2.05, 4.69) is 15.2 Å². The SMILES string of the molecule is CN=C(NCCN(C)CC(F)(F)F)N1CCC2(CCC2)C1.I. The Balaban J connectivity index is 0.00000242. The van der Waals surface area contributed by atoms with Gasteiger partial charge in [0.1, 0.15) is 0 Å². The lowest BCUT2D eigenvalue weighted by Crippen LogP contribution is -2.45. The van der Waals surface area contributed by atoms with Crippen molar-refractivity contribution in [1.82, 2.24) is 15.1 Å². The van der Waals surface area contributed by atoms with Gasteiger partial charge < -0.3 is 10.2 Å². The summed E-state index contributed by atoms with van der Waals surface area (Å²) in [5, 5.41) is 3.18. The lowest BCUT2D eigenvalue weighted by Gasteiger charge is -2.38. The van der Waals surface area contributed by atoms with Crippen LogP contribution >= 0.6 is 24.0 Å². The zero-order valence-corrected chi connectivity index (χ0v) is 15.6. The molecule has 1 saturated carbocycles. The molecule has 0 aromatic heterocycles. The molecule has 1 saturated heterocycles. The van der Waals surface area contributed by atoms with Gasteiger partial charge in [0.05, 0.1) is 6.54 Å². The van der Waals surface area contributed by atoms with E-state index in [-0.39, 0.29) is 24.0 Å². The summed E-state index contributed by atoms with van der Waals surface area (Å²) < 4.78 is 36.7. The van der Waals surface area contributed by atoms with Crippen LogP contribution < -0.4 is 5.32 Å². The van der Waals surface area contributed by atoms with Crippen molar-refractivity contribution in [2.75, 3.05) is 46.8 Å². The van der Waals surface area contributed by atoms with Gasteiger partial charge >= 0.3 is 6.18 Å². The number of nitrogens with one attached hydrogen (secondary N) is 1. The first kappa shape index (κ1) is 19.8. The molecule has 4 nitrogen and oxygen atoms in total. The summed E-state index contributed by atoms with van der Waals surface area (Å²) in [7, 11) is 3.21. The number of nitrogens with zero attached hydrogens (tertiary/aromatic N) is 3. The van der Waals surface area contributed by atoms with Crippen molar-refractivity contribution >= 4 is 29.9 Å². The highest BCUT2D eigenvalue weighted by molar-refractivity contribution is 14.0. The van der Waals surface area contributed by atoms with Crippen LogP contribution in [0.25, 0.3) is 0 Å². The summed E-state index contributed by atoms with van der Waals surface area (Å²) in [6, 6.07) is 0. The van der Waals surface area contributed by atoms with Crippen LogP contribution in [0.4, 0.5) is 13.2 Å². The largest absolute Gasteiger partial charge is 0.401 e. The van der Waals surface area contributed by atoms with Crippen LogP contribution in [0.2, 0.25) is 0 Å². The predicted octanol–water partition coefficient (Wildman–Crippen LogP) is 2.55. The molecule has 22 heavy (non-hydrogen) atoms. The number of likely N-dealkylation sites (N-methyl/N-ethyl adjacent to an activating group) is 1. The molecule has 0 unspecified atom stereocenters. The van der Waals surface area contributed by atoms with Crippen molar-refractivity contribution < 1.29 is 13.2 Å². The first-order valence-electron chi connectivity index (χ1n) is 7.54. The Hall–Kier alpha value is -0.250. The van der Waals surface area contributed by atoms with Gasteiger partial charge in [-0.15, -0.1) is 24.0 Å². The maximum Gasteiger partial charge on any atom is 0.401 e. The molecule has 0 bridgehead atoms. The monoisotopic (exact) mass is 434 g/mol. The van der Waals surface area contributed by atoms with Gasteiger partial charge in [-0.05, 0) is 31.7 Å². The minimum Gasteiger partial charge on any atom is -0.355 e. The molecular formula is C14H26F3IN4. The first-order chi connectivity index (χ1) is 9.84. The van der Waals surface area contributed by atoms with E-state index in [9.17, 15) is 13.2 Å². The van der Waals surface area contributed by atoms with Crippen molar-refractivity contribution in [2.24, 2.45) is 10.4 Å². The van der Waals surface area contributed by atoms with Crippen molar-refractivity contribution in [1.29, 1.82) is 0 Å². The van der Waals surface area contributed by atoms with Crippen molar-refractivity contribution in [3.05, 3.63) is 0 Å². The number of hydrogen-bond acceptors (Lipinski definition) is 2. The fourth-order valence-electron chi connectivity index (χ4n) is 3.28. The molecule has 8 heteroatoms. The average molecular weight is 434 g/mol. The van der Waals surface area contributed by atoms with Gasteiger partial charge in [-0.1, -0.05) is 6.42 Å². The van der Waals surface area contributed by atoms with E-state index in [4.69, 9.17) is 0 Å². The number of guanidine groups is 1. The van der Waals surface area contributed by atoms with Gasteiger partial charge in [0.15, 0.2) is 5.96 Å². The molecule has 1 aliphatic heterocycles. The zero-order chi connectivity index (χ0) is 15.5. The third-order valence-electron chi connectivity index (χ3n) is 4.59. The molecule has 1 N–H and O–H groups in total. The summed E-state index contributed by atoms with van der Waals surface area (Å²) in [6.07, 6.45) is 0.995. The van der Waals surface area contributed by atoms with E-state index in [1.54, 1.807) is 7.05 Å². The molecule has 2 aliphatic rings. The van der Waals surface area contributed by atoms with Crippen molar-refractivity contribution in [3.63, 3.8) is 0 Å². The Bertz CT molecular complexity index is 383. The predicted molar refractivity (Wildman–Crippen MR) is 92.8 cm³/mol. The van der Waals surface area contributed by atoms with E-state index < -0.39 is 12.7 Å². The topological polar surface area (TPSA) is 30.9 Å². The maximum atomic E-state index is 12.2. The molecule has 0 atom stereocenters. The third-order valence-corrected chi connectivity index (χ3v) is 4.59. The minimum absolute atomic E-state index is 0. The summed E-state index contributed by atoms with van der Waals surface area (Å²) in [5.74, 6) is 0.819. The quantitative estimate of drug-likeness (QED) is 0.419. The number of rotatable bonds is 4. The number of aliphatic imine (C=N–C) groups is 1. The first-order valence-corrected chi connectivity index (χ1v) is 7.54. The van der Waals surface area contributed by atoms with Gasteiger partial charge in [0.25, 0.3) is 0 Å². The number of hydrogen-bond donors (Lipinski definition) is 1. The van der Waals surface area contributed by atoms with E-state index in [0.29, 0.717) is 18.5 Å². The zero-order valence-electron chi connectivity index (χ0n) is 13.2. The fraction of sp³-hybridized carbons (Fsp3) is 0.929.